The number of halogens is 2. The number of nitrogens with one attached hydrogen (secondary N) is 7. The van der Waals surface area contributed by atoms with Crippen LogP contribution in [0.4, 0.5) is 28.4 Å². The number of carbonyl (C=O) groups is 3. The highest BCUT2D eigenvalue weighted by Gasteiger charge is 2.27. The SMILES string of the molecule is CN(C)c1cccc2c(S(=O)(=O)NCCN3CCNCCNCCNCC3)cccc12.COc1cc(NS(=O)(=O)c2ccc(C)cc2)c2ncccc2c1.Cc1ccc(S(=O)(=O)Nc2cc(CC(=O)O)cc3ccc(C)nc23)cc1.O=C(Nc1ccc(N(Cc2ccccn2)Cc2ccccn2)cc1)c1ccc(-c2c3cc(Cl)c(=O)cc-3oc3cc([O-])c(Cl)cc23)c(C(=O)O)c1. The number of rotatable bonds is 24. The largest absolute Gasteiger partial charge is 0.871 e. The molecule has 1 aliphatic carbocycles. The average molecular weight is 1860 g/mol. The molecule has 4 aromatic heterocycles. The number of aromatic carboxylic acids is 1. The van der Waals surface area contributed by atoms with Gasteiger partial charge in [0.25, 0.3) is 26.0 Å². The van der Waals surface area contributed by atoms with Crippen molar-refractivity contribution in [2.45, 2.75) is 55.0 Å². The summed E-state index contributed by atoms with van der Waals surface area (Å²) in [4.78, 5) is 74.3. The van der Waals surface area contributed by atoms with E-state index in [1.807, 2.05) is 131 Å². The lowest BCUT2D eigenvalue weighted by molar-refractivity contribution is -0.268. The number of carbonyl (C=O) groups excluding carboxylic acids is 1. The van der Waals surface area contributed by atoms with E-state index >= 15 is 0 Å². The van der Waals surface area contributed by atoms with Crippen LogP contribution in [-0.4, -0.2) is 165 Å². The minimum atomic E-state index is -3.82. The summed E-state index contributed by atoms with van der Waals surface area (Å²) in [6.45, 7) is 15.1. The number of carboxylic acids is 2. The number of methoxy groups -OCH3 is 1. The molecule has 0 spiro atoms. The molecule has 2 aliphatic heterocycles. The topological polar surface area (TPSA) is 402 Å². The number of amides is 1. The molecule has 1 amide bonds. The van der Waals surface area contributed by atoms with Gasteiger partial charge in [0.15, 0.2) is 0 Å². The van der Waals surface area contributed by atoms with Crippen LogP contribution in [0.15, 0.2) is 279 Å². The molecule has 1 fully saturated rings. The van der Waals surface area contributed by atoms with Crippen molar-refractivity contribution >= 4 is 143 Å². The summed E-state index contributed by atoms with van der Waals surface area (Å²) in [5.41, 5.74) is 9.32. The lowest BCUT2D eigenvalue weighted by Gasteiger charge is -2.24. The summed E-state index contributed by atoms with van der Waals surface area (Å²) in [5.74, 6) is -2.70. The number of anilines is 5. The molecule has 34 heteroatoms. The van der Waals surface area contributed by atoms with Crippen molar-refractivity contribution in [3.8, 4) is 33.9 Å². The van der Waals surface area contributed by atoms with Gasteiger partial charge in [-0.15, -0.1) is 0 Å². The molecule has 29 nitrogen and oxygen atoms in total. The van der Waals surface area contributed by atoms with Crippen LogP contribution in [0.2, 0.25) is 10.0 Å². The number of carboxylic acid groups (broad SMARTS) is 2. The standard InChI is InChI=1S/C39H26Cl2N4O6.C22H36N6O2S.C19H18N2O4S.C17H16N2O3S/c40-31-16-29-35(18-33(31)46)51-36-19-34(47)32(41)17-30(36)37(29)27-12-7-22(15-28(27)39(49)50)38(48)44-23-8-10-26(11-9-23)45(20-24-5-1-3-13-42-24)21-25-6-2-4-14-43-25;1-27(2)21-7-3-6-20-19(21)5-4-8-22(20)31(29,30)26-15-18-28-16-13-24-11-9-23-10-12-25-14-17-28;1-12-3-7-16(8-4-12)26(24,25)21-17-10-14(11-18(22)23)9-15-6-5-13(2)20-19(15)17;1-12-5-7-15(8-6-12)23(20,21)19-16-11-14(22-2)10-13-4-3-9-18-17(13)16/h1-19,46H,20-21H2,(H,44,48)(H,49,50);3-8,23-26H,9-18H2,1-2H3;3-10,21H,11H2,1-2H3,(H,22,23);3-11,19H,1-2H3/p-1. The monoisotopic (exact) mass is 1860 g/mol. The third kappa shape index (κ3) is 24.7. The number of hydrogen-bond donors (Lipinski definition) is 9. The van der Waals surface area contributed by atoms with Gasteiger partial charge in [-0.3, -0.25) is 48.7 Å². The van der Waals surface area contributed by atoms with Crippen LogP contribution in [0, 0.1) is 20.8 Å². The third-order valence-electron chi connectivity index (χ3n) is 21.2. The predicted octanol–water partition coefficient (Wildman–Crippen LogP) is 14.8. The molecule has 16 rings (SSSR count). The second-order valence-electron chi connectivity index (χ2n) is 30.9. The maximum Gasteiger partial charge on any atom is 0.336 e. The van der Waals surface area contributed by atoms with Crippen LogP contribution >= 0.6 is 23.2 Å². The van der Waals surface area contributed by atoms with Crippen LogP contribution < -0.4 is 60.5 Å². The zero-order chi connectivity index (χ0) is 93.1. The summed E-state index contributed by atoms with van der Waals surface area (Å²) in [6.07, 6.45) is 4.90. The molecule has 676 valence electrons. The van der Waals surface area contributed by atoms with Gasteiger partial charge >= 0.3 is 11.9 Å². The van der Waals surface area contributed by atoms with E-state index in [-0.39, 0.29) is 60.0 Å². The van der Waals surface area contributed by atoms with Gasteiger partial charge in [0.05, 0.1) is 85.7 Å². The highest BCUT2D eigenvalue weighted by molar-refractivity contribution is 7.93. The molecule has 0 radical (unpaired) electrons. The van der Waals surface area contributed by atoms with E-state index in [4.69, 9.17) is 37.5 Å². The van der Waals surface area contributed by atoms with Crippen LogP contribution in [0.3, 0.4) is 0 Å². The number of benzene rings is 10. The van der Waals surface area contributed by atoms with Gasteiger partial charge in [-0.1, -0.05) is 119 Å². The first kappa shape index (κ1) is 95.1. The Labute approximate surface area is 768 Å². The van der Waals surface area contributed by atoms with Crippen molar-refractivity contribution in [3.63, 3.8) is 0 Å². The van der Waals surface area contributed by atoms with Gasteiger partial charge in [-0.2, -0.15) is 0 Å². The maximum atomic E-state index is 13.5. The third-order valence-corrected chi connectivity index (χ3v) is 26.1. The highest BCUT2D eigenvalue weighted by Crippen LogP contribution is 2.45. The number of hydrogen-bond acceptors (Lipinski definition) is 23. The number of nitrogens with zero attached hydrogens (tertiary/aromatic N) is 7. The van der Waals surface area contributed by atoms with Crippen molar-refractivity contribution < 1.29 is 64.1 Å². The minimum absolute atomic E-state index is 0.0844. The summed E-state index contributed by atoms with van der Waals surface area (Å²) in [6, 6.07) is 66.4. The quantitative estimate of drug-likeness (QED) is 0.0254. The number of sulfonamides is 3. The molecule has 3 aliphatic rings. The smallest absolute Gasteiger partial charge is 0.336 e. The molecule has 9 aromatic carbocycles. The maximum absolute atomic E-state index is 13.5. The second kappa shape index (κ2) is 43.3. The first-order valence-corrected chi connectivity index (χ1v) is 46.8. The Bertz CT molecular complexity index is 6990. The van der Waals surface area contributed by atoms with E-state index in [1.54, 1.807) is 104 Å². The summed E-state index contributed by atoms with van der Waals surface area (Å²) < 4.78 is 95.9. The molecular formula is C97H95Cl2N14O15S3-. The van der Waals surface area contributed by atoms with Crippen LogP contribution in [-0.2, 0) is 54.4 Å². The lowest BCUT2D eigenvalue weighted by Crippen LogP contribution is -2.44. The van der Waals surface area contributed by atoms with Crippen molar-refractivity contribution in [1.82, 2.24) is 45.5 Å². The number of pyridine rings is 4. The molecule has 1 saturated heterocycles. The van der Waals surface area contributed by atoms with Crippen molar-refractivity contribution in [1.29, 1.82) is 0 Å². The fourth-order valence-corrected chi connectivity index (χ4v) is 18.3. The number of ether oxygens (including phenoxy) is 1. The van der Waals surface area contributed by atoms with E-state index < -0.39 is 59.1 Å². The second-order valence-corrected chi connectivity index (χ2v) is 36.9. The number of fused-ring (bicyclic) bond motifs is 5. The van der Waals surface area contributed by atoms with Crippen molar-refractivity contribution in [2.75, 3.05) is 111 Å². The summed E-state index contributed by atoms with van der Waals surface area (Å²) in [5, 5.41) is 48.1. The fraction of sp³-hybridized carbons (Fsp3) is 0.196. The van der Waals surface area contributed by atoms with Crippen LogP contribution in [0.5, 0.6) is 11.5 Å². The Morgan fingerprint density at radius 3 is 1.78 bits per heavy atom. The lowest BCUT2D eigenvalue weighted by atomic mass is 9.89. The van der Waals surface area contributed by atoms with Gasteiger partial charge in [0.1, 0.15) is 17.1 Å². The van der Waals surface area contributed by atoms with Crippen molar-refractivity contribution in [2.24, 2.45) is 0 Å². The number of aromatic nitrogens is 4. The Kier molecular flexibility index (Phi) is 31.4. The molecule has 0 atom stereocenters. The Morgan fingerprint density at radius 1 is 0.573 bits per heavy atom. The van der Waals surface area contributed by atoms with E-state index in [9.17, 15) is 54.6 Å². The highest BCUT2D eigenvalue weighted by atomic mass is 35.5. The number of aliphatic carboxylic acids is 1. The molecule has 131 heavy (non-hydrogen) atoms. The molecular weight excluding hydrogens is 1770 g/mol. The summed E-state index contributed by atoms with van der Waals surface area (Å²) >= 11 is 12.4. The Morgan fingerprint density at radius 2 is 1.18 bits per heavy atom. The van der Waals surface area contributed by atoms with Gasteiger partial charge in [-0.05, 0) is 177 Å². The molecule has 13 aromatic rings. The fourth-order valence-electron chi connectivity index (χ4n) is 14.6. The predicted molar refractivity (Wildman–Crippen MR) is 512 cm³/mol. The van der Waals surface area contributed by atoms with Gasteiger partial charge < -0.3 is 55.5 Å². The molecule has 9 N–H and O–H groups in total. The van der Waals surface area contributed by atoms with Crippen LogP contribution in [0.25, 0.3) is 66.0 Å². The van der Waals surface area contributed by atoms with E-state index in [0.29, 0.717) is 86.7 Å². The molecule has 0 bridgehead atoms. The minimum Gasteiger partial charge on any atom is -0.871 e. The average Bonchev–Trinajstić information content (AvgIpc) is 0.736. The molecule has 6 heterocycles. The number of aryl methyl sites for hydroxylation is 3. The van der Waals surface area contributed by atoms with E-state index in [2.05, 4.69) is 65.2 Å². The zero-order valence-electron chi connectivity index (χ0n) is 72.3. The zero-order valence-corrected chi connectivity index (χ0v) is 76.2. The Balaban J connectivity index is 0.000000157. The Hall–Kier alpha value is -13.5. The van der Waals surface area contributed by atoms with E-state index in [0.717, 1.165) is 108 Å². The van der Waals surface area contributed by atoms with Gasteiger partial charge in [0.2, 0.25) is 15.5 Å². The molecule has 0 saturated carbocycles. The first-order chi connectivity index (χ1) is 62.9. The van der Waals surface area contributed by atoms with Crippen molar-refractivity contribution in [3.05, 3.63) is 320 Å². The first-order valence-electron chi connectivity index (χ1n) is 41.5. The van der Waals surface area contributed by atoms with Crippen LogP contribution in [0.1, 0.15) is 54.5 Å². The van der Waals surface area contributed by atoms with Gasteiger partial charge in [-0.25, -0.2) is 34.8 Å². The normalized spacial score (nSPS) is 12.8. The van der Waals surface area contributed by atoms with Gasteiger partial charge in [0, 0.05) is 182 Å². The summed E-state index contributed by atoms with van der Waals surface area (Å²) in [7, 11) is -5.65. The molecule has 0 unspecified atom stereocenters. The van der Waals surface area contributed by atoms with E-state index in [1.165, 1.54) is 67.8 Å².